The highest BCUT2D eigenvalue weighted by Crippen LogP contribution is 2.25. The highest BCUT2D eigenvalue weighted by molar-refractivity contribution is 6.34. The van der Waals surface area contributed by atoms with Gasteiger partial charge >= 0.3 is 0 Å². The molecule has 0 bridgehead atoms. The Morgan fingerprint density at radius 2 is 2.06 bits per heavy atom. The summed E-state index contributed by atoms with van der Waals surface area (Å²) >= 11 is 6.02. The van der Waals surface area contributed by atoms with Crippen molar-refractivity contribution in [1.29, 1.82) is 0 Å². The topological polar surface area (TPSA) is 20.3 Å². The van der Waals surface area contributed by atoms with Crippen LogP contribution in [0.3, 0.4) is 0 Å². The first-order valence-corrected chi connectivity index (χ1v) is 6.30. The summed E-state index contributed by atoms with van der Waals surface area (Å²) in [4.78, 5) is 14.2. The molecule has 0 unspecified atom stereocenters. The van der Waals surface area contributed by atoms with E-state index in [0.717, 1.165) is 17.7 Å². The molecule has 1 aliphatic rings. The van der Waals surface area contributed by atoms with Crippen LogP contribution in [0, 0.1) is 0 Å². The molecule has 2 rings (SSSR count). The molecule has 18 heavy (non-hydrogen) atoms. The van der Waals surface area contributed by atoms with Gasteiger partial charge in [0.2, 0.25) is 0 Å². The van der Waals surface area contributed by atoms with E-state index < -0.39 is 0 Å². The van der Waals surface area contributed by atoms with Crippen molar-refractivity contribution in [3.63, 3.8) is 0 Å². The number of likely N-dealkylation sites (N-methyl/N-ethyl adjacent to an activating group) is 1. The Bertz CT molecular complexity index is 529. The van der Waals surface area contributed by atoms with Gasteiger partial charge in [-0.15, -0.1) is 0 Å². The smallest absolute Gasteiger partial charge is 0.168 e. The molecular weight excluding hydrogens is 246 g/mol. The minimum absolute atomic E-state index is 0.0836. The van der Waals surface area contributed by atoms with Gasteiger partial charge in [0, 0.05) is 31.8 Å². The number of rotatable bonds is 4. The molecule has 0 aliphatic heterocycles. The van der Waals surface area contributed by atoms with E-state index in [4.69, 9.17) is 11.6 Å². The molecule has 0 N–H and O–H groups in total. The molecule has 0 radical (unpaired) electrons. The third kappa shape index (κ3) is 2.82. The zero-order valence-corrected chi connectivity index (χ0v) is 11.4. The minimum Gasteiger partial charge on any atom is -0.378 e. The summed E-state index contributed by atoms with van der Waals surface area (Å²) in [5.41, 5.74) is 2.92. The first kappa shape index (κ1) is 12.9. The zero-order valence-electron chi connectivity index (χ0n) is 10.6. The normalized spacial score (nSPS) is 14.2. The average Bonchev–Trinajstić information content (AvgIpc) is 2.78. The molecule has 1 aliphatic carbocycles. The van der Waals surface area contributed by atoms with E-state index in [1.54, 1.807) is 12.1 Å². The quantitative estimate of drug-likeness (QED) is 0.771. The molecule has 0 atom stereocenters. The van der Waals surface area contributed by atoms with Gasteiger partial charge < -0.3 is 4.90 Å². The fourth-order valence-corrected chi connectivity index (χ4v) is 2.23. The summed E-state index contributed by atoms with van der Waals surface area (Å²) in [5, 5.41) is 0.530. The summed E-state index contributed by atoms with van der Waals surface area (Å²) in [6, 6.07) is 7.20. The van der Waals surface area contributed by atoms with E-state index in [9.17, 15) is 4.79 Å². The van der Waals surface area contributed by atoms with Gasteiger partial charge in [0.05, 0.1) is 5.02 Å². The molecule has 0 amide bonds. The van der Waals surface area contributed by atoms with E-state index in [1.165, 1.54) is 0 Å². The van der Waals surface area contributed by atoms with Gasteiger partial charge in [-0.3, -0.25) is 4.79 Å². The molecule has 1 aromatic rings. The van der Waals surface area contributed by atoms with Crippen molar-refractivity contribution in [2.24, 2.45) is 0 Å². The molecule has 0 fully saturated rings. The number of hydrogen-bond donors (Lipinski definition) is 0. The molecular formula is C15H16ClNO. The number of halogens is 1. The maximum atomic E-state index is 12.1. The number of ketones is 1. The number of Topliss-reactive ketones (excluding diaryl/α,β-unsaturated/α-hetero) is 1. The van der Waals surface area contributed by atoms with Crippen molar-refractivity contribution in [1.82, 2.24) is 4.90 Å². The molecule has 1 aromatic carbocycles. The van der Waals surface area contributed by atoms with E-state index in [2.05, 4.69) is 12.2 Å². The third-order valence-electron chi connectivity index (χ3n) is 3.00. The molecule has 2 nitrogen and oxygen atoms in total. The summed E-state index contributed by atoms with van der Waals surface area (Å²) in [6.07, 6.45) is 5.51. The van der Waals surface area contributed by atoms with E-state index in [-0.39, 0.29) is 5.78 Å². The first-order valence-electron chi connectivity index (χ1n) is 5.92. The molecule has 0 saturated carbocycles. The molecule has 94 valence electrons. The van der Waals surface area contributed by atoms with Crippen LogP contribution in [0.25, 0.3) is 0 Å². The summed E-state index contributed by atoms with van der Waals surface area (Å²) < 4.78 is 0. The average molecular weight is 262 g/mol. The van der Waals surface area contributed by atoms with Crippen molar-refractivity contribution < 1.29 is 4.79 Å². The van der Waals surface area contributed by atoms with Gasteiger partial charge in [-0.2, -0.15) is 0 Å². The Morgan fingerprint density at radius 1 is 1.33 bits per heavy atom. The van der Waals surface area contributed by atoms with Crippen LogP contribution >= 0.6 is 11.6 Å². The summed E-state index contributed by atoms with van der Waals surface area (Å²) in [7, 11) is 4.00. The van der Waals surface area contributed by atoms with Crippen LogP contribution in [-0.4, -0.2) is 24.8 Å². The zero-order chi connectivity index (χ0) is 13.1. The number of nitrogens with zero attached hydrogens (tertiary/aromatic N) is 1. The van der Waals surface area contributed by atoms with Crippen LogP contribution in [0.4, 0.5) is 0 Å². The Hall–Kier alpha value is -1.54. The number of allylic oxidation sites excluding steroid dienone is 3. The van der Waals surface area contributed by atoms with Gasteiger partial charge in [-0.1, -0.05) is 35.4 Å². The van der Waals surface area contributed by atoms with Crippen molar-refractivity contribution in [2.75, 3.05) is 14.1 Å². The van der Waals surface area contributed by atoms with Gasteiger partial charge in [0.25, 0.3) is 0 Å². The van der Waals surface area contributed by atoms with E-state index >= 15 is 0 Å². The second-order valence-corrected chi connectivity index (χ2v) is 5.02. The number of carbonyl (C=O) groups excluding carboxylic acids is 1. The van der Waals surface area contributed by atoms with Gasteiger partial charge in [0.1, 0.15) is 0 Å². The van der Waals surface area contributed by atoms with Crippen molar-refractivity contribution in [3.8, 4) is 0 Å². The van der Waals surface area contributed by atoms with Crippen LogP contribution in [0.2, 0.25) is 5.02 Å². The predicted molar refractivity (Wildman–Crippen MR) is 74.9 cm³/mol. The molecule has 0 aromatic heterocycles. The standard InChI is InChI=1S/C15H16ClNO/c1-17(2)12-8-7-11(9-12)10-15(18)13-5-3-4-6-14(13)16/h3-6,8-9H,7,10H2,1-2H3. The Morgan fingerprint density at radius 3 is 2.67 bits per heavy atom. The molecule has 3 heteroatoms. The van der Waals surface area contributed by atoms with Crippen LogP contribution in [-0.2, 0) is 0 Å². The highest BCUT2D eigenvalue weighted by atomic mass is 35.5. The fourth-order valence-electron chi connectivity index (χ4n) is 1.99. The van der Waals surface area contributed by atoms with E-state index in [1.807, 2.05) is 31.1 Å². The van der Waals surface area contributed by atoms with Crippen LogP contribution < -0.4 is 0 Å². The van der Waals surface area contributed by atoms with Crippen molar-refractivity contribution >= 4 is 17.4 Å². The summed E-state index contributed by atoms with van der Waals surface area (Å²) in [6.45, 7) is 0. The lowest BCUT2D eigenvalue weighted by atomic mass is 10.0. The van der Waals surface area contributed by atoms with Crippen LogP contribution in [0.5, 0.6) is 0 Å². The molecule has 0 heterocycles. The SMILES string of the molecule is CN(C)C1=CCC(CC(=O)c2ccccc2Cl)=C1. The van der Waals surface area contributed by atoms with Crippen LogP contribution in [0.15, 0.2) is 47.7 Å². The number of carbonyl (C=O) groups is 1. The lowest BCUT2D eigenvalue weighted by molar-refractivity contribution is 0.0992. The summed E-state index contributed by atoms with van der Waals surface area (Å²) in [5.74, 6) is 0.0836. The van der Waals surface area contributed by atoms with Crippen molar-refractivity contribution in [2.45, 2.75) is 12.8 Å². The lowest BCUT2D eigenvalue weighted by Crippen LogP contribution is -2.07. The lowest BCUT2D eigenvalue weighted by Gasteiger charge is -2.10. The second-order valence-electron chi connectivity index (χ2n) is 4.61. The molecule has 0 spiro atoms. The Balaban J connectivity index is 2.07. The Kier molecular flexibility index (Phi) is 3.87. The highest BCUT2D eigenvalue weighted by Gasteiger charge is 2.15. The maximum absolute atomic E-state index is 12.1. The monoisotopic (exact) mass is 261 g/mol. The maximum Gasteiger partial charge on any atom is 0.168 e. The minimum atomic E-state index is 0.0836. The largest absolute Gasteiger partial charge is 0.378 e. The van der Waals surface area contributed by atoms with Crippen molar-refractivity contribution in [3.05, 3.63) is 58.3 Å². The third-order valence-corrected chi connectivity index (χ3v) is 3.33. The van der Waals surface area contributed by atoms with Crippen LogP contribution in [0.1, 0.15) is 23.2 Å². The van der Waals surface area contributed by atoms with Gasteiger partial charge in [0.15, 0.2) is 5.78 Å². The fraction of sp³-hybridized carbons (Fsp3) is 0.267. The van der Waals surface area contributed by atoms with Gasteiger partial charge in [-0.25, -0.2) is 0 Å². The van der Waals surface area contributed by atoms with Gasteiger partial charge in [-0.05, 0) is 24.6 Å². The first-order chi connectivity index (χ1) is 8.58. The second kappa shape index (κ2) is 5.40. The number of hydrogen-bond acceptors (Lipinski definition) is 2. The predicted octanol–water partition coefficient (Wildman–Crippen LogP) is 3.69. The number of benzene rings is 1. The Labute approximate surface area is 113 Å². The molecule has 0 saturated heterocycles. The van der Waals surface area contributed by atoms with E-state index in [0.29, 0.717) is 17.0 Å².